The Balaban J connectivity index is 0.912. The second-order valence-electron chi connectivity index (χ2n) is 15.9. The molecule has 11 aromatic rings. The highest BCUT2D eigenvalue weighted by atomic mass is 15.3. The van der Waals surface area contributed by atoms with E-state index in [0.717, 1.165) is 67.8 Å². The Morgan fingerprint density at radius 3 is 1.17 bits per heavy atom. The van der Waals surface area contributed by atoms with Gasteiger partial charge in [-0.05, 0) is 110 Å². The topological polar surface area (TPSA) is 34.0 Å². The molecule has 0 unspecified atom stereocenters. The van der Waals surface area contributed by atoms with E-state index >= 15 is 0 Å². The molecule has 1 aromatic heterocycles. The van der Waals surface area contributed by atoms with E-state index in [9.17, 15) is 0 Å². The van der Waals surface area contributed by atoms with Gasteiger partial charge in [0.2, 0.25) is 0 Å². The number of fused-ring (bicyclic) bond motifs is 1. The molecule has 0 bridgehead atoms. The van der Waals surface area contributed by atoms with Gasteiger partial charge in [-0.15, -0.1) is 10.2 Å². The number of anilines is 3. The van der Waals surface area contributed by atoms with E-state index in [2.05, 4.69) is 258 Å². The van der Waals surface area contributed by atoms with Gasteiger partial charge >= 0.3 is 0 Å². The van der Waals surface area contributed by atoms with Crippen molar-refractivity contribution in [3.8, 4) is 73.0 Å². The van der Waals surface area contributed by atoms with Crippen LogP contribution in [0.2, 0.25) is 0 Å². The Bertz CT molecular complexity index is 3300. The lowest BCUT2D eigenvalue weighted by Gasteiger charge is -2.25. The summed E-state index contributed by atoms with van der Waals surface area (Å²) < 4.78 is 2.16. The first-order valence-corrected chi connectivity index (χ1v) is 21.7. The molecular weight excluding hydrogens is 777 g/mol. The molecule has 64 heavy (non-hydrogen) atoms. The maximum absolute atomic E-state index is 4.83. The fourth-order valence-corrected chi connectivity index (χ4v) is 8.79. The molecule has 0 amide bonds. The lowest BCUT2D eigenvalue weighted by Crippen LogP contribution is -2.09. The number of aromatic nitrogens is 3. The molecule has 0 fully saturated rings. The molecule has 1 heterocycles. The van der Waals surface area contributed by atoms with Crippen molar-refractivity contribution in [3.63, 3.8) is 0 Å². The van der Waals surface area contributed by atoms with Gasteiger partial charge < -0.3 is 4.90 Å². The lowest BCUT2D eigenvalue weighted by atomic mass is 9.89. The summed E-state index contributed by atoms with van der Waals surface area (Å²) in [6, 6.07) is 90.2. The Morgan fingerprint density at radius 2 is 0.641 bits per heavy atom. The predicted molar refractivity (Wildman–Crippen MR) is 266 cm³/mol. The second kappa shape index (κ2) is 17.0. The Hall–Kier alpha value is -8.60. The highest BCUT2D eigenvalue weighted by Gasteiger charge is 2.19. The highest BCUT2D eigenvalue weighted by Crippen LogP contribution is 2.41. The molecule has 11 rings (SSSR count). The molecule has 302 valence electrons. The minimum Gasteiger partial charge on any atom is -0.311 e. The van der Waals surface area contributed by atoms with Crippen LogP contribution in [0, 0.1) is 0 Å². The maximum atomic E-state index is 4.83. The summed E-state index contributed by atoms with van der Waals surface area (Å²) in [5.74, 6) is 1.57. The standard InChI is InChI=1S/C60H42N4/c1-4-18-51(19-5-1)63(52-20-6-2-7-21-52)54-40-38-46(39-41-54)56-25-13-15-27-58(56)57-26-14-12-24-55(57)45-31-35-48(36-32-45)60-62-61-59(64(60)53-22-8-3-9-23-53)47-33-28-44(29-34-47)50-37-30-43-16-10-11-17-49(43)42-50/h1-42H. The molecule has 0 atom stereocenters. The average Bonchev–Trinajstić information content (AvgIpc) is 3.83. The van der Waals surface area contributed by atoms with Crippen molar-refractivity contribution in [2.24, 2.45) is 0 Å². The van der Waals surface area contributed by atoms with Crippen molar-refractivity contribution in [2.45, 2.75) is 0 Å². The molecule has 0 aliphatic heterocycles. The van der Waals surface area contributed by atoms with Gasteiger partial charge in [-0.25, -0.2) is 0 Å². The van der Waals surface area contributed by atoms with E-state index in [1.54, 1.807) is 0 Å². The van der Waals surface area contributed by atoms with Gasteiger partial charge in [0.05, 0.1) is 0 Å². The van der Waals surface area contributed by atoms with Gasteiger partial charge in [0.25, 0.3) is 0 Å². The van der Waals surface area contributed by atoms with Crippen LogP contribution in [-0.4, -0.2) is 14.8 Å². The van der Waals surface area contributed by atoms with Crippen LogP contribution in [0.25, 0.3) is 83.7 Å². The summed E-state index contributed by atoms with van der Waals surface area (Å²) in [6.07, 6.45) is 0. The molecule has 4 heteroatoms. The third-order valence-electron chi connectivity index (χ3n) is 12.0. The Labute approximate surface area is 373 Å². The summed E-state index contributed by atoms with van der Waals surface area (Å²) in [7, 11) is 0. The zero-order valence-electron chi connectivity index (χ0n) is 35.0. The van der Waals surface area contributed by atoms with Crippen LogP contribution in [0.5, 0.6) is 0 Å². The fourth-order valence-electron chi connectivity index (χ4n) is 8.79. The molecule has 0 aliphatic carbocycles. The molecule has 0 spiro atoms. The number of para-hydroxylation sites is 3. The van der Waals surface area contributed by atoms with E-state index in [1.165, 1.54) is 33.0 Å². The van der Waals surface area contributed by atoms with E-state index < -0.39 is 0 Å². The van der Waals surface area contributed by atoms with Gasteiger partial charge in [-0.1, -0.05) is 200 Å². The molecule has 0 saturated carbocycles. The van der Waals surface area contributed by atoms with Crippen LogP contribution in [0.4, 0.5) is 17.1 Å². The average molecular weight is 819 g/mol. The minimum atomic E-state index is 0.784. The van der Waals surface area contributed by atoms with E-state index in [0.29, 0.717) is 0 Å². The van der Waals surface area contributed by atoms with E-state index in [1.807, 2.05) is 6.07 Å². The summed E-state index contributed by atoms with van der Waals surface area (Å²) in [5, 5.41) is 12.1. The molecule has 4 nitrogen and oxygen atoms in total. The Kier molecular flexibility index (Phi) is 10.2. The van der Waals surface area contributed by atoms with Gasteiger partial charge in [0.1, 0.15) is 0 Å². The lowest BCUT2D eigenvalue weighted by molar-refractivity contribution is 1.07. The third kappa shape index (κ3) is 7.44. The number of rotatable bonds is 10. The van der Waals surface area contributed by atoms with Crippen LogP contribution in [0.15, 0.2) is 255 Å². The molecule has 0 radical (unpaired) electrons. The van der Waals surface area contributed by atoms with Crippen LogP contribution < -0.4 is 4.90 Å². The van der Waals surface area contributed by atoms with Gasteiger partial charge in [0.15, 0.2) is 11.6 Å². The number of nitrogens with zero attached hydrogens (tertiary/aromatic N) is 4. The highest BCUT2D eigenvalue weighted by molar-refractivity contribution is 5.93. The van der Waals surface area contributed by atoms with Gasteiger partial charge in [0, 0.05) is 33.9 Å². The molecule has 0 saturated heterocycles. The first kappa shape index (κ1) is 38.3. The van der Waals surface area contributed by atoms with Crippen molar-refractivity contribution in [1.29, 1.82) is 0 Å². The molecule has 0 aliphatic rings. The first-order chi connectivity index (χ1) is 31.7. The second-order valence-corrected chi connectivity index (χ2v) is 15.9. The smallest absolute Gasteiger partial charge is 0.168 e. The van der Waals surface area contributed by atoms with Gasteiger partial charge in [-0.2, -0.15) is 0 Å². The quantitative estimate of drug-likeness (QED) is 0.138. The van der Waals surface area contributed by atoms with Gasteiger partial charge in [-0.3, -0.25) is 4.57 Å². The molecule has 10 aromatic carbocycles. The van der Waals surface area contributed by atoms with Crippen molar-refractivity contribution < 1.29 is 0 Å². The SMILES string of the molecule is c1ccc(N(c2ccccc2)c2ccc(-c3ccccc3-c3ccccc3-c3ccc(-c4nnc(-c5ccc(-c6ccc7ccccc7c6)cc5)n4-c4ccccc4)cc3)cc2)cc1. The third-order valence-corrected chi connectivity index (χ3v) is 12.0. The predicted octanol–water partition coefficient (Wildman–Crippen LogP) is 15.9. The monoisotopic (exact) mass is 818 g/mol. The van der Waals surface area contributed by atoms with E-state index in [4.69, 9.17) is 10.2 Å². The van der Waals surface area contributed by atoms with Crippen LogP contribution in [0.1, 0.15) is 0 Å². The Morgan fingerprint density at radius 1 is 0.266 bits per heavy atom. The normalized spacial score (nSPS) is 11.1. The number of benzene rings is 10. The van der Waals surface area contributed by atoms with Crippen molar-refractivity contribution in [2.75, 3.05) is 4.90 Å². The van der Waals surface area contributed by atoms with E-state index in [-0.39, 0.29) is 0 Å². The van der Waals surface area contributed by atoms with Crippen LogP contribution in [0.3, 0.4) is 0 Å². The summed E-state index contributed by atoms with van der Waals surface area (Å²) in [6.45, 7) is 0. The summed E-state index contributed by atoms with van der Waals surface area (Å²) in [4.78, 5) is 2.29. The molecular formula is C60H42N4. The first-order valence-electron chi connectivity index (χ1n) is 21.7. The van der Waals surface area contributed by atoms with Crippen molar-refractivity contribution in [3.05, 3.63) is 255 Å². The summed E-state index contributed by atoms with van der Waals surface area (Å²) >= 11 is 0. The zero-order valence-corrected chi connectivity index (χ0v) is 35.0. The zero-order chi connectivity index (χ0) is 42.7. The molecule has 0 N–H and O–H groups in total. The van der Waals surface area contributed by atoms with Crippen molar-refractivity contribution in [1.82, 2.24) is 14.8 Å². The largest absolute Gasteiger partial charge is 0.311 e. The van der Waals surface area contributed by atoms with Crippen LogP contribution in [-0.2, 0) is 0 Å². The van der Waals surface area contributed by atoms with Crippen LogP contribution >= 0.6 is 0 Å². The minimum absolute atomic E-state index is 0.784. The maximum Gasteiger partial charge on any atom is 0.168 e. The van der Waals surface area contributed by atoms with Crippen molar-refractivity contribution >= 4 is 27.8 Å². The number of hydrogen-bond donors (Lipinski definition) is 0. The number of hydrogen-bond acceptors (Lipinski definition) is 3. The summed E-state index contributed by atoms with van der Waals surface area (Å²) in [5.41, 5.74) is 15.6. The fraction of sp³-hybridized carbons (Fsp3) is 0.